The molecule has 0 bridgehead atoms. The van der Waals surface area contributed by atoms with Gasteiger partial charge in [-0.25, -0.2) is 0 Å². The van der Waals surface area contributed by atoms with Crippen LogP contribution in [-0.2, 0) is 6.42 Å². The molecular weight excluding hydrogens is 245 g/mol. The minimum absolute atomic E-state index is 0.307. The molecule has 20 heavy (non-hydrogen) atoms. The van der Waals surface area contributed by atoms with Crippen LogP contribution in [-0.4, -0.2) is 6.71 Å². The van der Waals surface area contributed by atoms with E-state index < -0.39 is 0 Å². The van der Waals surface area contributed by atoms with Gasteiger partial charge in [-0.1, -0.05) is 50.9 Å². The minimum atomic E-state index is 0.307. The van der Waals surface area contributed by atoms with Crippen LogP contribution >= 0.6 is 0 Å². The van der Waals surface area contributed by atoms with Crippen LogP contribution in [0.5, 0.6) is 11.5 Å². The molecule has 0 amide bonds. The molecule has 0 saturated heterocycles. The number of rotatable bonds is 2. The molecule has 0 unspecified atom stereocenters. The molecule has 0 fully saturated rings. The second-order valence-corrected chi connectivity index (χ2v) is 5.77. The number of nitrogens with two attached hydrogens (primary N) is 1. The molecule has 0 aliphatic carbocycles. The summed E-state index contributed by atoms with van der Waals surface area (Å²) < 4.78 is 6.06. The summed E-state index contributed by atoms with van der Waals surface area (Å²) in [5.41, 5.74) is 10.9. The van der Waals surface area contributed by atoms with Gasteiger partial charge in [0.1, 0.15) is 11.5 Å². The Hall–Kier alpha value is -1.90. The van der Waals surface area contributed by atoms with Crippen molar-refractivity contribution in [3.63, 3.8) is 0 Å². The van der Waals surface area contributed by atoms with E-state index in [9.17, 15) is 0 Å². The van der Waals surface area contributed by atoms with Crippen molar-refractivity contribution in [1.82, 2.24) is 0 Å². The Morgan fingerprint density at radius 3 is 2.55 bits per heavy atom. The highest BCUT2D eigenvalue weighted by atomic mass is 16.5. The number of benzene rings is 2. The average molecular weight is 265 g/mol. The van der Waals surface area contributed by atoms with E-state index in [1.54, 1.807) is 0 Å². The Kier molecular flexibility index (Phi) is 3.21. The van der Waals surface area contributed by atoms with E-state index in [2.05, 4.69) is 45.0 Å². The molecule has 2 nitrogen and oxygen atoms in total. The summed E-state index contributed by atoms with van der Waals surface area (Å²) in [4.78, 5) is 0. The fourth-order valence-electron chi connectivity index (χ4n) is 3.18. The Balaban J connectivity index is 2.25. The SMILES string of the molecule is CCc1ccc2c(c1N)B(C(C)C)c1ccccc1O2. The van der Waals surface area contributed by atoms with E-state index in [1.807, 2.05) is 12.1 Å². The van der Waals surface area contributed by atoms with Gasteiger partial charge in [-0.15, -0.1) is 0 Å². The van der Waals surface area contributed by atoms with Gasteiger partial charge in [0, 0.05) is 5.69 Å². The van der Waals surface area contributed by atoms with Crippen molar-refractivity contribution < 1.29 is 4.74 Å². The van der Waals surface area contributed by atoms with E-state index in [4.69, 9.17) is 10.5 Å². The lowest BCUT2D eigenvalue weighted by Crippen LogP contribution is -2.49. The van der Waals surface area contributed by atoms with Gasteiger partial charge < -0.3 is 10.5 Å². The molecule has 1 aliphatic heterocycles. The van der Waals surface area contributed by atoms with Gasteiger partial charge in [-0.05, 0) is 35.0 Å². The second-order valence-electron chi connectivity index (χ2n) is 5.77. The first-order valence-corrected chi connectivity index (χ1v) is 7.31. The van der Waals surface area contributed by atoms with E-state index in [0.29, 0.717) is 12.5 Å². The number of nitrogen functional groups attached to an aromatic ring is 1. The molecule has 2 aromatic rings. The lowest BCUT2D eigenvalue weighted by Gasteiger charge is -2.30. The maximum atomic E-state index is 6.42. The summed E-state index contributed by atoms with van der Waals surface area (Å²) >= 11 is 0. The smallest absolute Gasteiger partial charge is 0.224 e. The Morgan fingerprint density at radius 2 is 1.85 bits per heavy atom. The van der Waals surface area contributed by atoms with Crippen LogP contribution in [0.2, 0.25) is 5.82 Å². The first-order chi connectivity index (χ1) is 9.63. The summed E-state index contributed by atoms with van der Waals surface area (Å²) in [5, 5.41) is 0. The number of anilines is 1. The molecule has 0 spiro atoms. The summed E-state index contributed by atoms with van der Waals surface area (Å²) in [7, 11) is 0. The average Bonchev–Trinajstić information content (AvgIpc) is 2.45. The molecular formula is C17H20BNO. The van der Waals surface area contributed by atoms with Crippen molar-refractivity contribution in [1.29, 1.82) is 0 Å². The first kappa shape index (κ1) is 13.1. The zero-order valence-electron chi connectivity index (χ0n) is 12.3. The third-order valence-corrected chi connectivity index (χ3v) is 4.17. The number of hydrogen-bond acceptors (Lipinski definition) is 2. The van der Waals surface area contributed by atoms with E-state index >= 15 is 0 Å². The van der Waals surface area contributed by atoms with Crippen LogP contribution in [0.15, 0.2) is 36.4 Å². The van der Waals surface area contributed by atoms with Gasteiger partial charge in [0.25, 0.3) is 0 Å². The Labute approximate surface area is 121 Å². The Morgan fingerprint density at radius 1 is 1.10 bits per heavy atom. The van der Waals surface area contributed by atoms with Crippen LogP contribution in [0.3, 0.4) is 0 Å². The number of aryl methyl sites for hydroxylation is 1. The van der Waals surface area contributed by atoms with E-state index in [0.717, 1.165) is 29.1 Å². The maximum absolute atomic E-state index is 6.42. The predicted molar refractivity (Wildman–Crippen MR) is 86.9 cm³/mol. The topological polar surface area (TPSA) is 35.2 Å². The molecule has 2 N–H and O–H groups in total. The second kappa shape index (κ2) is 4.90. The van der Waals surface area contributed by atoms with E-state index in [-0.39, 0.29) is 0 Å². The zero-order chi connectivity index (χ0) is 14.3. The van der Waals surface area contributed by atoms with Crippen LogP contribution in [0.1, 0.15) is 26.3 Å². The van der Waals surface area contributed by atoms with Gasteiger partial charge in [0.2, 0.25) is 6.71 Å². The number of para-hydroxylation sites is 1. The van der Waals surface area contributed by atoms with Crippen molar-refractivity contribution in [3.05, 3.63) is 42.0 Å². The first-order valence-electron chi connectivity index (χ1n) is 7.31. The predicted octanol–water partition coefficient (Wildman–Crippen LogP) is 2.96. The molecule has 1 heterocycles. The molecule has 2 aromatic carbocycles. The van der Waals surface area contributed by atoms with Crippen molar-refractivity contribution >= 4 is 23.3 Å². The van der Waals surface area contributed by atoms with Crippen LogP contribution in [0.25, 0.3) is 0 Å². The molecule has 102 valence electrons. The quantitative estimate of drug-likeness (QED) is 0.669. The van der Waals surface area contributed by atoms with Crippen molar-refractivity contribution in [2.45, 2.75) is 33.0 Å². The summed E-state index contributed by atoms with van der Waals surface area (Å²) in [5.74, 6) is 2.35. The van der Waals surface area contributed by atoms with E-state index in [1.165, 1.54) is 11.0 Å². The summed E-state index contributed by atoms with van der Waals surface area (Å²) in [6.07, 6.45) is 0.950. The van der Waals surface area contributed by atoms with Crippen molar-refractivity contribution in [2.75, 3.05) is 5.73 Å². The lowest BCUT2D eigenvalue weighted by molar-refractivity contribution is 0.487. The van der Waals surface area contributed by atoms with Crippen LogP contribution < -0.4 is 21.4 Å². The summed E-state index contributed by atoms with van der Waals surface area (Å²) in [6, 6.07) is 12.4. The maximum Gasteiger partial charge on any atom is 0.224 e. The molecule has 0 saturated carbocycles. The van der Waals surface area contributed by atoms with Crippen molar-refractivity contribution in [3.8, 4) is 11.5 Å². The van der Waals surface area contributed by atoms with Gasteiger partial charge in [-0.2, -0.15) is 0 Å². The molecule has 3 heteroatoms. The Bertz CT molecular complexity index is 651. The molecule has 0 aromatic heterocycles. The largest absolute Gasteiger partial charge is 0.458 e. The van der Waals surface area contributed by atoms with Crippen LogP contribution in [0.4, 0.5) is 5.69 Å². The minimum Gasteiger partial charge on any atom is -0.458 e. The van der Waals surface area contributed by atoms with Crippen molar-refractivity contribution in [2.24, 2.45) is 0 Å². The van der Waals surface area contributed by atoms with Gasteiger partial charge >= 0.3 is 0 Å². The molecule has 1 aliphatic rings. The van der Waals surface area contributed by atoms with Gasteiger partial charge in [0.05, 0.1) is 0 Å². The number of hydrogen-bond donors (Lipinski definition) is 1. The normalized spacial score (nSPS) is 12.9. The molecule has 3 rings (SSSR count). The third-order valence-electron chi connectivity index (χ3n) is 4.17. The fourth-order valence-corrected chi connectivity index (χ4v) is 3.18. The zero-order valence-corrected chi connectivity index (χ0v) is 12.3. The highest BCUT2D eigenvalue weighted by Gasteiger charge is 2.34. The summed E-state index contributed by atoms with van der Waals surface area (Å²) in [6.45, 7) is 6.94. The third kappa shape index (κ3) is 1.89. The highest BCUT2D eigenvalue weighted by Crippen LogP contribution is 2.31. The van der Waals surface area contributed by atoms with Crippen LogP contribution in [0, 0.1) is 0 Å². The van der Waals surface area contributed by atoms with Gasteiger partial charge in [0.15, 0.2) is 0 Å². The molecule has 0 atom stereocenters. The van der Waals surface area contributed by atoms with Gasteiger partial charge in [-0.3, -0.25) is 0 Å². The monoisotopic (exact) mass is 265 g/mol. The molecule has 0 radical (unpaired) electrons. The number of ether oxygens (including phenoxy) is 1. The lowest BCUT2D eigenvalue weighted by atomic mass is 9.33. The fraction of sp³-hybridized carbons (Fsp3) is 0.294. The standard InChI is InChI=1S/C17H20BNO/c1-4-12-9-10-15-16(17(12)19)18(11(2)3)13-7-5-6-8-14(13)20-15/h5-11H,4,19H2,1-3H3. The highest BCUT2D eigenvalue weighted by molar-refractivity contribution is 6.89. The number of fused-ring (bicyclic) bond motifs is 2.